The lowest BCUT2D eigenvalue weighted by Crippen LogP contribution is -1.96. The first-order valence-corrected chi connectivity index (χ1v) is 4.73. The molecule has 15 heavy (non-hydrogen) atoms. The van der Waals surface area contributed by atoms with Crippen molar-refractivity contribution in [3.05, 3.63) is 35.9 Å². The zero-order valence-electron chi connectivity index (χ0n) is 7.64. The van der Waals surface area contributed by atoms with E-state index in [1.165, 1.54) is 6.07 Å². The lowest BCUT2D eigenvalue weighted by molar-refractivity contribution is 0.0694. The van der Waals surface area contributed by atoms with Crippen molar-refractivity contribution in [3.8, 4) is 5.75 Å². The fraction of sp³-hybridized carbons (Fsp3) is 0. The number of hydrogen-bond acceptors (Lipinski definition) is 3. The maximum Gasteiger partial charge on any atom is 0.339 e. The zero-order valence-corrected chi connectivity index (χ0v) is 8.53. The average molecular weight is 220 g/mol. The molecular formula is C11H8O3S. The molecule has 0 aromatic heterocycles. The Kier molecular flexibility index (Phi) is 2.28. The van der Waals surface area contributed by atoms with E-state index in [2.05, 4.69) is 12.6 Å². The Balaban J connectivity index is 2.89. The van der Waals surface area contributed by atoms with E-state index in [9.17, 15) is 9.90 Å². The Morgan fingerprint density at radius 3 is 2.60 bits per heavy atom. The number of benzene rings is 2. The molecule has 0 unspecified atom stereocenters. The van der Waals surface area contributed by atoms with Gasteiger partial charge < -0.3 is 10.2 Å². The lowest BCUT2D eigenvalue weighted by atomic mass is 10.1. The molecule has 0 radical (unpaired) electrons. The molecule has 0 aliphatic heterocycles. The second-order valence-electron chi connectivity index (χ2n) is 3.14. The Morgan fingerprint density at radius 2 is 1.93 bits per heavy atom. The number of carbonyl (C=O) groups is 1. The maximum atomic E-state index is 10.8. The predicted molar refractivity (Wildman–Crippen MR) is 59.8 cm³/mol. The van der Waals surface area contributed by atoms with Crippen LogP contribution in [0.3, 0.4) is 0 Å². The summed E-state index contributed by atoms with van der Waals surface area (Å²) in [7, 11) is 0. The van der Waals surface area contributed by atoms with Gasteiger partial charge in [0.25, 0.3) is 0 Å². The Bertz CT molecular complexity index is 549. The summed E-state index contributed by atoms with van der Waals surface area (Å²) in [6.45, 7) is 0. The first-order chi connectivity index (χ1) is 7.11. The quantitative estimate of drug-likeness (QED) is 0.647. The van der Waals surface area contributed by atoms with E-state index in [0.717, 1.165) is 5.39 Å². The lowest BCUT2D eigenvalue weighted by Gasteiger charge is -2.06. The number of carboxylic acid groups (broad SMARTS) is 1. The third-order valence-corrected chi connectivity index (χ3v) is 2.60. The zero-order chi connectivity index (χ0) is 11.0. The molecule has 0 amide bonds. The van der Waals surface area contributed by atoms with E-state index in [1.54, 1.807) is 24.3 Å². The molecule has 0 heterocycles. The molecule has 0 saturated heterocycles. The van der Waals surface area contributed by atoms with Crippen LogP contribution in [0.5, 0.6) is 5.75 Å². The Hall–Kier alpha value is -1.68. The van der Waals surface area contributed by atoms with Crippen LogP contribution in [0.1, 0.15) is 10.4 Å². The molecular weight excluding hydrogens is 212 g/mol. The van der Waals surface area contributed by atoms with Gasteiger partial charge in [0.05, 0.1) is 0 Å². The van der Waals surface area contributed by atoms with E-state index < -0.39 is 5.97 Å². The standard InChI is InChI=1S/C11H8O3S/c12-10-7(11(13)14)5-4-6-2-1-3-8(15)9(6)10/h1-5,12,15H,(H,13,14). The van der Waals surface area contributed by atoms with Crippen LogP contribution in [0.15, 0.2) is 35.2 Å². The van der Waals surface area contributed by atoms with E-state index in [1.807, 2.05) is 0 Å². The molecule has 0 fully saturated rings. The van der Waals surface area contributed by atoms with E-state index >= 15 is 0 Å². The highest BCUT2D eigenvalue weighted by atomic mass is 32.1. The van der Waals surface area contributed by atoms with Crippen LogP contribution in [0.25, 0.3) is 10.8 Å². The average Bonchev–Trinajstić information content (AvgIpc) is 2.17. The first kappa shape index (κ1) is 9.86. The van der Waals surface area contributed by atoms with E-state index in [-0.39, 0.29) is 11.3 Å². The molecule has 0 bridgehead atoms. The molecule has 0 atom stereocenters. The number of aromatic carboxylic acids is 1. The van der Waals surface area contributed by atoms with Gasteiger partial charge in [0, 0.05) is 10.3 Å². The molecule has 2 rings (SSSR count). The van der Waals surface area contributed by atoms with E-state index in [0.29, 0.717) is 10.3 Å². The first-order valence-electron chi connectivity index (χ1n) is 4.28. The number of phenols is 1. The summed E-state index contributed by atoms with van der Waals surface area (Å²) >= 11 is 4.18. The highest BCUT2D eigenvalue weighted by Crippen LogP contribution is 2.33. The van der Waals surface area contributed by atoms with Crippen LogP contribution in [0.4, 0.5) is 0 Å². The van der Waals surface area contributed by atoms with Crippen LogP contribution in [0.2, 0.25) is 0 Å². The number of fused-ring (bicyclic) bond motifs is 1. The summed E-state index contributed by atoms with van der Waals surface area (Å²) < 4.78 is 0. The number of hydrogen-bond donors (Lipinski definition) is 3. The smallest absolute Gasteiger partial charge is 0.339 e. The van der Waals surface area contributed by atoms with Crippen LogP contribution in [0, 0.1) is 0 Å². The monoisotopic (exact) mass is 220 g/mol. The summed E-state index contributed by atoms with van der Waals surface area (Å²) in [4.78, 5) is 11.4. The van der Waals surface area contributed by atoms with Gasteiger partial charge in [0.1, 0.15) is 11.3 Å². The minimum absolute atomic E-state index is 0.107. The van der Waals surface area contributed by atoms with Crippen molar-refractivity contribution in [1.82, 2.24) is 0 Å². The molecule has 0 aliphatic rings. The van der Waals surface area contributed by atoms with Crippen LogP contribution in [-0.4, -0.2) is 16.2 Å². The minimum atomic E-state index is -1.15. The summed E-state index contributed by atoms with van der Waals surface area (Å²) in [5.74, 6) is -1.38. The molecule has 4 heteroatoms. The molecule has 0 aliphatic carbocycles. The van der Waals surface area contributed by atoms with Gasteiger partial charge >= 0.3 is 5.97 Å². The van der Waals surface area contributed by atoms with Crippen molar-refractivity contribution in [2.75, 3.05) is 0 Å². The van der Waals surface area contributed by atoms with Gasteiger partial charge in [-0.15, -0.1) is 12.6 Å². The highest BCUT2D eigenvalue weighted by molar-refractivity contribution is 7.80. The van der Waals surface area contributed by atoms with Crippen LogP contribution < -0.4 is 0 Å². The number of aromatic hydroxyl groups is 1. The van der Waals surface area contributed by atoms with Crippen LogP contribution in [-0.2, 0) is 0 Å². The van der Waals surface area contributed by atoms with Crippen molar-refractivity contribution < 1.29 is 15.0 Å². The molecule has 0 saturated carbocycles. The largest absolute Gasteiger partial charge is 0.506 e. The number of rotatable bonds is 1. The number of carboxylic acids is 1. The van der Waals surface area contributed by atoms with Crippen molar-refractivity contribution >= 4 is 29.4 Å². The summed E-state index contributed by atoms with van der Waals surface area (Å²) in [6.07, 6.45) is 0. The third-order valence-electron chi connectivity index (χ3n) is 2.23. The molecule has 2 aromatic rings. The van der Waals surface area contributed by atoms with Crippen molar-refractivity contribution in [3.63, 3.8) is 0 Å². The van der Waals surface area contributed by atoms with Gasteiger partial charge in [0.15, 0.2) is 0 Å². The summed E-state index contributed by atoms with van der Waals surface area (Å²) in [5, 5.41) is 19.8. The highest BCUT2D eigenvalue weighted by Gasteiger charge is 2.13. The second kappa shape index (κ2) is 3.47. The fourth-order valence-corrected chi connectivity index (χ4v) is 1.83. The Labute approximate surface area is 91.4 Å². The van der Waals surface area contributed by atoms with Gasteiger partial charge in [-0.2, -0.15) is 0 Å². The summed E-state index contributed by atoms with van der Waals surface area (Å²) in [6, 6.07) is 8.33. The second-order valence-corrected chi connectivity index (χ2v) is 3.62. The third kappa shape index (κ3) is 1.53. The normalized spacial score (nSPS) is 10.5. The molecule has 3 nitrogen and oxygen atoms in total. The SMILES string of the molecule is O=C(O)c1ccc2cccc(S)c2c1O. The maximum absolute atomic E-state index is 10.8. The summed E-state index contributed by atoms with van der Waals surface area (Å²) in [5.41, 5.74) is -0.107. The Morgan fingerprint density at radius 1 is 1.20 bits per heavy atom. The van der Waals surface area contributed by atoms with Gasteiger partial charge in [-0.25, -0.2) is 4.79 Å². The molecule has 2 aromatic carbocycles. The molecule has 76 valence electrons. The van der Waals surface area contributed by atoms with E-state index in [4.69, 9.17) is 5.11 Å². The van der Waals surface area contributed by atoms with Gasteiger partial charge in [-0.05, 0) is 17.5 Å². The van der Waals surface area contributed by atoms with Crippen LogP contribution >= 0.6 is 12.6 Å². The molecule has 0 spiro atoms. The van der Waals surface area contributed by atoms with Gasteiger partial charge in [-0.3, -0.25) is 0 Å². The van der Waals surface area contributed by atoms with Crippen molar-refractivity contribution in [2.24, 2.45) is 0 Å². The molecule has 2 N–H and O–H groups in total. The van der Waals surface area contributed by atoms with Gasteiger partial charge in [0.2, 0.25) is 0 Å². The minimum Gasteiger partial charge on any atom is -0.506 e. The topological polar surface area (TPSA) is 57.5 Å². The fourth-order valence-electron chi connectivity index (χ4n) is 1.51. The predicted octanol–water partition coefficient (Wildman–Crippen LogP) is 2.53. The van der Waals surface area contributed by atoms with Crippen molar-refractivity contribution in [1.29, 1.82) is 0 Å². The van der Waals surface area contributed by atoms with Crippen molar-refractivity contribution in [2.45, 2.75) is 4.90 Å². The number of thiol groups is 1. The van der Waals surface area contributed by atoms with Gasteiger partial charge in [-0.1, -0.05) is 18.2 Å².